The van der Waals surface area contributed by atoms with Crippen LogP contribution in [0.4, 0.5) is 4.39 Å². The minimum Gasteiger partial charge on any atom is -0.347 e. The fraction of sp³-hybridized carbons (Fsp3) is 0.286. The molecule has 1 N–H and O–H groups in total. The number of hydrogen-bond acceptors (Lipinski definition) is 2. The van der Waals surface area contributed by atoms with Gasteiger partial charge in [-0.3, -0.25) is 0 Å². The van der Waals surface area contributed by atoms with Crippen LogP contribution >= 0.6 is 23.8 Å². The number of hydrogen-bond donors (Lipinski definition) is 1. The van der Waals surface area contributed by atoms with Crippen LogP contribution in [0.3, 0.4) is 0 Å². The van der Waals surface area contributed by atoms with E-state index in [0.717, 1.165) is 30.5 Å². The molecule has 5 heteroatoms. The molecule has 0 saturated heterocycles. The summed E-state index contributed by atoms with van der Waals surface area (Å²) in [7, 11) is 0. The van der Waals surface area contributed by atoms with Crippen molar-refractivity contribution in [2.45, 2.75) is 25.7 Å². The van der Waals surface area contributed by atoms with Crippen LogP contribution in [0.2, 0.25) is 5.02 Å². The summed E-state index contributed by atoms with van der Waals surface area (Å²) in [5, 5.41) is 0.136. The van der Waals surface area contributed by atoms with E-state index in [-0.39, 0.29) is 10.8 Å². The molecule has 1 aromatic carbocycles. The Bertz CT molecular complexity index is 696. The minimum absolute atomic E-state index is 0.136. The Morgan fingerprint density at radius 2 is 2.21 bits per heavy atom. The number of fused-ring (bicyclic) bond motifs is 1. The van der Waals surface area contributed by atoms with Crippen LogP contribution in [0.1, 0.15) is 29.1 Å². The summed E-state index contributed by atoms with van der Waals surface area (Å²) in [6.07, 6.45) is 3.46. The number of aromatic amines is 1. The number of aryl methyl sites for hydroxylation is 1. The van der Waals surface area contributed by atoms with E-state index in [1.807, 2.05) is 0 Å². The van der Waals surface area contributed by atoms with E-state index >= 15 is 0 Å². The molecular weight excluding hydrogens is 283 g/mol. The summed E-state index contributed by atoms with van der Waals surface area (Å²) in [5.74, 6) is 0.317. The first kappa shape index (κ1) is 12.8. The molecule has 0 spiro atoms. The van der Waals surface area contributed by atoms with Gasteiger partial charge in [0, 0.05) is 17.7 Å². The maximum Gasteiger partial charge on any atom is 0.145 e. The highest BCUT2D eigenvalue weighted by Gasteiger charge is 2.15. The minimum atomic E-state index is -0.384. The summed E-state index contributed by atoms with van der Waals surface area (Å²) in [6.45, 7) is 0. The Kier molecular flexibility index (Phi) is 3.37. The summed E-state index contributed by atoms with van der Waals surface area (Å²) in [6, 6.07) is 4.99. The van der Waals surface area contributed by atoms with Gasteiger partial charge in [0.2, 0.25) is 0 Å². The van der Waals surface area contributed by atoms with Crippen LogP contribution in [0.25, 0.3) is 0 Å². The molecule has 1 aliphatic rings. The lowest BCUT2D eigenvalue weighted by molar-refractivity contribution is 0.612. The third-order valence-electron chi connectivity index (χ3n) is 3.40. The van der Waals surface area contributed by atoms with Crippen LogP contribution in [0.5, 0.6) is 0 Å². The molecule has 1 aromatic heterocycles. The molecule has 0 saturated carbocycles. The van der Waals surface area contributed by atoms with Gasteiger partial charge in [-0.05, 0) is 30.9 Å². The van der Waals surface area contributed by atoms with Crippen molar-refractivity contribution in [3.63, 3.8) is 0 Å². The molecule has 1 aliphatic carbocycles. The number of halogens is 2. The summed E-state index contributed by atoms with van der Waals surface area (Å²) >= 11 is 11.1. The van der Waals surface area contributed by atoms with Crippen molar-refractivity contribution >= 4 is 23.8 Å². The topological polar surface area (TPSA) is 28.7 Å². The first-order valence-electron chi connectivity index (χ1n) is 6.19. The van der Waals surface area contributed by atoms with Gasteiger partial charge in [-0.15, -0.1) is 0 Å². The van der Waals surface area contributed by atoms with Gasteiger partial charge in [-0.2, -0.15) is 0 Å². The maximum absolute atomic E-state index is 13.9. The molecule has 0 bridgehead atoms. The van der Waals surface area contributed by atoms with Crippen molar-refractivity contribution in [1.82, 2.24) is 9.97 Å². The van der Waals surface area contributed by atoms with Gasteiger partial charge in [0.1, 0.15) is 16.3 Å². The largest absolute Gasteiger partial charge is 0.347 e. The zero-order valence-electron chi connectivity index (χ0n) is 10.2. The SMILES string of the molecule is Fc1c(Cl)cccc1Cc1nc(=S)c2c([nH]1)CCC2. The van der Waals surface area contributed by atoms with E-state index in [9.17, 15) is 4.39 Å². The Labute approximate surface area is 120 Å². The lowest BCUT2D eigenvalue weighted by atomic mass is 10.1. The van der Waals surface area contributed by atoms with Crippen LogP contribution in [0, 0.1) is 10.5 Å². The van der Waals surface area contributed by atoms with Crippen molar-refractivity contribution in [3.8, 4) is 0 Å². The zero-order chi connectivity index (χ0) is 13.4. The van der Waals surface area contributed by atoms with Crippen molar-refractivity contribution in [2.75, 3.05) is 0 Å². The van der Waals surface area contributed by atoms with Crippen molar-refractivity contribution in [2.24, 2.45) is 0 Å². The number of H-pyrrole nitrogens is 1. The molecule has 19 heavy (non-hydrogen) atoms. The molecule has 0 amide bonds. The van der Waals surface area contributed by atoms with Crippen LogP contribution in [0.15, 0.2) is 18.2 Å². The molecule has 98 valence electrons. The van der Waals surface area contributed by atoms with E-state index in [1.165, 1.54) is 0 Å². The summed E-state index contributed by atoms with van der Waals surface area (Å²) in [5.41, 5.74) is 2.83. The van der Waals surface area contributed by atoms with E-state index < -0.39 is 0 Å². The molecule has 3 rings (SSSR count). The quantitative estimate of drug-likeness (QED) is 0.848. The molecule has 0 fully saturated rings. The molecule has 1 heterocycles. The highest BCUT2D eigenvalue weighted by atomic mass is 35.5. The second kappa shape index (κ2) is 5.02. The van der Waals surface area contributed by atoms with Gasteiger partial charge >= 0.3 is 0 Å². The number of aromatic nitrogens is 2. The van der Waals surface area contributed by atoms with Gasteiger partial charge < -0.3 is 4.98 Å². The highest BCUT2D eigenvalue weighted by molar-refractivity contribution is 7.71. The highest BCUT2D eigenvalue weighted by Crippen LogP contribution is 2.23. The van der Waals surface area contributed by atoms with Crippen LogP contribution in [-0.2, 0) is 19.3 Å². The van der Waals surface area contributed by atoms with Gasteiger partial charge in [0.15, 0.2) is 0 Å². The fourth-order valence-corrected chi connectivity index (χ4v) is 2.99. The Hall–Kier alpha value is -1.26. The number of rotatable bonds is 2. The van der Waals surface area contributed by atoms with E-state index in [0.29, 0.717) is 22.4 Å². The van der Waals surface area contributed by atoms with Crippen LogP contribution in [-0.4, -0.2) is 9.97 Å². The Morgan fingerprint density at radius 1 is 1.37 bits per heavy atom. The number of nitrogens with one attached hydrogen (secondary N) is 1. The van der Waals surface area contributed by atoms with E-state index in [2.05, 4.69) is 9.97 Å². The number of benzene rings is 1. The monoisotopic (exact) mass is 294 g/mol. The Balaban J connectivity index is 1.98. The summed E-state index contributed by atoms with van der Waals surface area (Å²) in [4.78, 5) is 7.63. The van der Waals surface area contributed by atoms with Crippen molar-refractivity contribution in [1.29, 1.82) is 0 Å². The molecule has 2 nitrogen and oxygen atoms in total. The molecule has 0 aliphatic heterocycles. The molecular formula is C14H12ClFN2S. The Morgan fingerprint density at radius 3 is 3.05 bits per heavy atom. The fourth-order valence-electron chi connectivity index (χ4n) is 2.46. The summed E-state index contributed by atoms with van der Waals surface area (Å²) < 4.78 is 14.5. The predicted molar refractivity (Wildman–Crippen MR) is 75.7 cm³/mol. The van der Waals surface area contributed by atoms with Gasteiger partial charge in [0.25, 0.3) is 0 Å². The van der Waals surface area contributed by atoms with Crippen molar-refractivity contribution < 1.29 is 4.39 Å². The first-order chi connectivity index (χ1) is 9.15. The third kappa shape index (κ3) is 2.42. The molecule has 2 aromatic rings. The zero-order valence-corrected chi connectivity index (χ0v) is 11.7. The lowest BCUT2D eigenvalue weighted by Crippen LogP contribution is -2.03. The first-order valence-corrected chi connectivity index (χ1v) is 6.97. The predicted octanol–water partition coefficient (Wildman–Crippen LogP) is 4.01. The van der Waals surface area contributed by atoms with Gasteiger partial charge in [-0.25, -0.2) is 9.37 Å². The average molecular weight is 295 g/mol. The normalized spacial score (nSPS) is 13.6. The molecule has 0 radical (unpaired) electrons. The van der Waals surface area contributed by atoms with Gasteiger partial charge in [-0.1, -0.05) is 36.0 Å². The molecule has 0 atom stereocenters. The second-order valence-corrected chi connectivity index (χ2v) is 5.48. The number of nitrogens with zero attached hydrogens (tertiary/aromatic N) is 1. The molecule has 0 unspecified atom stereocenters. The van der Waals surface area contributed by atoms with Crippen molar-refractivity contribution in [3.05, 3.63) is 56.3 Å². The smallest absolute Gasteiger partial charge is 0.145 e. The maximum atomic E-state index is 13.9. The second-order valence-electron chi connectivity index (χ2n) is 4.69. The third-order valence-corrected chi connectivity index (χ3v) is 4.03. The average Bonchev–Trinajstić information content (AvgIpc) is 2.84. The van der Waals surface area contributed by atoms with Crippen LogP contribution < -0.4 is 0 Å². The van der Waals surface area contributed by atoms with E-state index in [4.69, 9.17) is 23.8 Å². The van der Waals surface area contributed by atoms with Gasteiger partial charge in [0.05, 0.1) is 5.02 Å². The lowest BCUT2D eigenvalue weighted by Gasteiger charge is -2.07. The standard InChI is InChI=1S/C14H12ClFN2S/c15-10-5-1-3-8(13(10)16)7-12-17-11-6-2-4-9(11)14(19)18-12/h1,3,5H,2,4,6-7H2,(H,17,18,19). The van der Waals surface area contributed by atoms with E-state index in [1.54, 1.807) is 18.2 Å².